The van der Waals surface area contributed by atoms with Crippen molar-refractivity contribution in [2.75, 3.05) is 7.11 Å². The van der Waals surface area contributed by atoms with Crippen LogP contribution in [-0.4, -0.2) is 28.8 Å². The zero-order valence-electron chi connectivity index (χ0n) is 22.2. The second-order valence-corrected chi connectivity index (χ2v) is 11.7. The molecule has 2 aromatic carbocycles. The van der Waals surface area contributed by atoms with Crippen molar-refractivity contribution in [1.29, 1.82) is 0 Å². The average molecular weight is 600 g/mol. The molecular formula is C29H28Cl2N4O4S. The first-order valence-electron chi connectivity index (χ1n) is 12.8. The summed E-state index contributed by atoms with van der Waals surface area (Å²) in [6, 6.07) is 9.71. The number of hydrogen-bond donors (Lipinski definition) is 1. The van der Waals surface area contributed by atoms with Crippen LogP contribution in [0.2, 0.25) is 10.0 Å². The van der Waals surface area contributed by atoms with E-state index in [0.29, 0.717) is 44.0 Å². The molecule has 1 aliphatic carbocycles. The minimum atomic E-state index is -0.790. The van der Waals surface area contributed by atoms with Crippen molar-refractivity contribution in [2.45, 2.75) is 45.8 Å². The first-order chi connectivity index (χ1) is 19.3. The molecule has 8 nitrogen and oxygen atoms in total. The van der Waals surface area contributed by atoms with Gasteiger partial charge in [0.1, 0.15) is 17.5 Å². The number of nitrogens with zero attached hydrogens (tertiary/aromatic N) is 3. The van der Waals surface area contributed by atoms with Crippen LogP contribution < -0.4 is 20.5 Å². The van der Waals surface area contributed by atoms with Gasteiger partial charge in [-0.1, -0.05) is 36.2 Å². The normalized spacial score (nSPS) is 15.7. The highest BCUT2D eigenvalue weighted by Crippen LogP contribution is 2.36. The Labute approximate surface area is 245 Å². The van der Waals surface area contributed by atoms with Gasteiger partial charge in [0, 0.05) is 20.5 Å². The van der Waals surface area contributed by atoms with Crippen LogP contribution in [0.4, 0.5) is 0 Å². The summed E-state index contributed by atoms with van der Waals surface area (Å²) < 4.78 is 12.7. The minimum Gasteiger partial charge on any atom is -0.493 e. The topological polar surface area (TPSA) is 94.8 Å². The lowest BCUT2D eigenvalue weighted by Crippen LogP contribution is -2.34. The van der Waals surface area contributed by atoms with Gasteiger partial charge in [-0.25, -0.2) is 10.4 Å². The van der Waals surface area contributed by atoms with E-state index in [2.05, 4.69) is 22.4 Å². The third-order valence-corrected chi connectivity index (χ3v) is 8.92. The maximum atomic E-state index is 13.3. The first kappa shape index (κ1) is 28.1. The van der Waals surface area contributed by atoms with E-state index in [1.807, 2.05) is 0 Å². The van der Waals surface area contributed by atoms with Gasteiger partial charge in [0.05, 0.1) is 25.0 Å². The molecule has 0 radical (unpaired) electrons. The van der Waals surface area contributed by atoms with Gasteiger partial charge >= 0.3 is 0 Å². The quantitative estimate of drug-likeness (QED) is 0.193. The summed E-state index contributed by atoms with van der Waals surface area (Å²) in [6.07, 6.45) is 5.81. The van der Waals surface area contributed by atoms with Crippen molar-refractivity contribution in [3.63, 3.8) is 0 Å². The van der Waals surface area contributed by atoms with Gasteiger partial charge in [-0.2, -0.15) is 5.10 Å². The molecule has 0 fully saturated rings. The van der Waals surface area contributed by atoms with Crippen molar-refractivity contribution < 1.29 is 14.3 Å². The largest absolute Gasteiger partial charge is 0.493 e. The van der Waals surface area contributed by atoms with Crippen LogP contribution in [0.25, 0.3) is 10.2 Å². The molecule has 5 rings (SSSR count). The number of aromatic nitrogens is 2. The highest BCUT2D eigenvalue weighted by molar-refractivity contribution is 7.18. The summed E-state index contributed by atoms with van der Waals surface area (Å²) in [5.74, 6) is 1.15. The lowest BCUT2D eigenvalue weighted by atomic mass is 9.89. The highest BCUT2D eigenvalue weighted by atomic mass is 35.5. The minimum absolute atomic E-state index is 0.170. The van der Waals surface area contributed by atoms with Crippen LogP contribution in [0.5, 0.6) is 11.5 Å². The number of hydrazone groups is 1. The average Bonchev–Trinajstić information content (AvgIpc) is 3.31. The fourth-order valence-electron chi connectivity index (χ4n) is 4.71. The molecule has 0 saturated carbocycles. The number of halogens is 2. The van der Waals surface area contributed by atoms with E-state index in [0.717, 1.165) is 29.7 Å². The van der Waals surface area contributed by atoms with E-state index in [1.165, 1.54) is 29.1 Å². The molecule has 1 N–H and O–H groups in total. The lowest BCUT2D eigenvalue weighted by molar-refractivity contribution is -0.123. The zero-order valence-corrected chi connectivity index (χ0v) is 24.6. The number of hydrogen-bond acceptors (Lipinski definition) is 7. The van der Waals surface area contributed by atoms with E-state index in [-0.39, 0.29) is 12.2 Å². The Bertz CT molecular complexity index is 1650. The Morgan fingerprint density at radius 2 is 2.05 bits per heavy atom. The molecule has 4 aromatic rings. The number of carbonyl (C=O) groups is 1. The van der Waals surface area contributed by atoms with Crippen LogP contribution in [0.15, 0.2) is 52.6 Å². The highest BCUT2D eigenvalue weighted by Gasteiger charge is 2.25. The number of benzene rings is 2. The first-order valence-corrected chi connectivity index (χ1v) is 14.4. The van der Waals surface area contributed by atoms with Crippen LogP contribution in [0.3, 0.4) is 0 Å². The number of amides is 1. The van der Waals surface area contributed by atoms with Crippen molar-refractivity contribution in [2.24, 2.45) is 11.0 Å². The molecule has 1 aliphatic rings. The lowest BCUT2D eigenvalue weighted by Gasteiger charge is -2.18. The molecule has 11 heteroatoms. The van der Waals surface area contributed by atoms with Gasteiger partial charge in [0.2, 0.25) is 0 Å². The van der Waals surface area contributed by atoms with Crippen molar-refractivity contribution in [1.82, 2.24) is 15.0 Å². The molecule has 2 atom stereocenters. The fourth-order valence-corrected chi connectivity index (χ4v) is 6.56. The molecule has 1 amide bonds. The van der Waals surface area contributed by atoms with Crippen molar-refractivity contribution in [3.05, 3.63) is 84.7 Å². The van der Waals surface area contributed by atoms with E-state index >= 15 is 0 Å². The monoisotopic (exact) mass is 598 g/mol. The number of fused-ring (bicyclic) bond motifs is 3. The molecule has 40 heavy (non-hydrogen) atoms. The zero-order chi connectivity index (χ0) is 28.4. The molecule has 2 aromatic heterocycles. The number of ether oxygens (including phenoxy) is 2. The molecule has 0 saturated heterocycles. The SMILES string of the molecule is COc1cc(/C=N\NC(=O)[C@@H](C)n2cnc3sc4c(c3c2=O)CC[C@H](C)C4)ccc1OCc1c(Cl)cccc1Cl. The van der Waals surface area contributed by atoms with Gasteiger partial charge in [0.15, 0.2) is 11.5 Å². The standard InChI is InChI=1S/C29H28Cl2N4O4S/c1-16-7-9-19-25(11-16)40-28-26(19)29(37)35(15-32-28)17(2)27(36)34-33-13-18-8-10-23(24(12-18)38-3)39-14-20-21(30)5-4-6-22(20)31/h4-6,8,10,12-13,15-17H,7,9,11,14H2,1-3H3,(H,34,36)/b33-13-/t16-,17+/m0/s1. The van der Waals surface area contributed by atoms with Crippen LogP contribution >= 0.6 is 34.5 Å². The number of aryl methyl sites for hydroxylation is 1. The molecule has 0 bridgehead atoms. The van der Waals surface area contributed by atoms with E-state index in [1.54, 1.807) is 54.7 Å². The number of thiophene rings is 1. The van der Waals surface area contributed by atoms with E-state index in [9.17, 15) is 9.59 Å². The van der Waals surface area contributed by atoms with Gasteiger partial charge in [-0.05, 0) is 73.6 Å². The maximum absolute atomic E-state index is 13.3. The summed E-state index contributed by atoms with van der Waals surface area (Å²) in [6.45, 7) is 4.05. The van der Waals surface area contributed by atoms with Gasteiger partial charge in [-0.15, -0.1) is 11.3 Å². The second kappa shape index (κ2) is 12.0. The van der Waals surface area contributed by atoms with Gasteiger partial charge < -0.3 is 9.47 Å². The summed E-state index contributed by atoms with van der Waals surface area (Å²) in [4.78, 5) is 32.7. The predicted octanol–water partition coefficient (Wildman–Crippen LogP) is 6.19. The summed E-state index contributed by atoms with van der Waals surface area (Å²) in [5.41, 5.74) is 4.77. The molecule has 0 unspecified atom stereocenters. The Kier molecular flexibility index (Phi) is 8.44. The Hall–Kier alpha value is -3.40. The third-order valence-electron chi connectivity index (χ3n) is 7.05. The molecule has 0 aliphatic heterocycles. The third kappa shape index (κ3) is 5.73. The molecule has 2 heterocycles. The maximum Gasteiger partial charge on any atom is 0.263 e. The Balaban J connectivity index is 1.26. The van der Waals surface area contributed by atoms with E-state index < -0.39 is 11.9 Å². The summed E-state index contributed by atoms with van der Waals surface area (Å²) in [7, 11) is 1.53. The predicted molar refractivity (Wildman–Crippen MR) is 159 cm³/mol. The van der Waals surface area contributed by atoms with Crippen LogP contribution in [0, 0.1) is 5.92 Å². The van der Waals surface area contributed by atoms with Crippen LogP contribution in [0.1, 0.15) is 47.9 Å². The molecular weight excluding hydrogens is 571 g/mol. The smallest absolute Gasteiger partial charge is 0.263 e. The summed E-state index contributed by atoms with van der Waals surface area (Å²) in [5, 5.41) is 5.76. The Morgan fingerprint density at radius 1 is 1.27 bits per heavy atom. The molecule has 0 spiro atoms. The van der Waals surface area contributed by atoms with Crippen molar-refractivity contribution >= 4 is 56.9 Å². The van der Waals surface area contributed by atoms with Gasteiger partial charge in [0.25, 0.3) is 11.5 Å². The summed E-state index contributed by atoms with van der Waals surface area (Å²) >= 11 is 14.0. The molecule has 208 valence electrons. The van der Waals surface area contributed by atoms with E-state index in [4.69, 9.17) is 32.7 Å². The number of rotatable bonds is 8. The fraction of sp³-hybridized carbons (Fsp3) is 0.310. The Morgan fingerprint density at radius 3 is 2.80 bits per heavy atom. The number of nitrogens with one attached hydrogen (secondary N) is 1. The van der Waals surface area contributed by atoms with Gasteiger partial charge in [-0.3, -0.25) is 14.2 Å². The number of methoxy groups -OCH3 is 1. The number of carbonyl (C=O) groups excluding carboxylic acids is 1. The van der Waals surface area contributed by atoms with Crippen LogP contribution in [-0.2, 0) is 24.2 Å². The second-order valence-electron chi connectivity index (χ2n) is 9.80. The van der Waals surface area contributed by atoms with Crippen molar-refractivity contribution in [3.8, 4) is 11.5 Å².